The molecule has 5 heteroatoms. The molecular weight excluding hydrogens is 232 g/mol. The number of nitrogens with one attached hydrogen (secondary N) is 1. The number of hydrogen-bond acceptors (Lipinski definition) is 2. The third-order valence-electron chi connectivity index (χ3n) is 2.69. The minimum atomic E-state index is -0.965. The van der Waals surface area contributed by atoms with Crippen LogP contribution in [0.4, 0.5) is 0 Å². The molecule has 0 aliphatic heterocycles. The number of amides is 1. The van der Waals surface area contributed by atoms with Gasteiger partial charge >= 0.3 is 5.97 Å². The molecule has 0 saturated carbocycles. The first-order chi connectivity index (χ1) is 8.35. The zero-order valence-corrected chi connectivity index (χ0v) is 11.1. The number of carboxylic acids is 1. The number of carbonyl (C=O) groups is 2. The molecule has 100 valence electrons. The van der Waals surface area contributed by atoms with Crippen molar-refractivity contribution >= 4 is 11.9 Å². The molecule has 1 amide bonds. The third kappa shape index (κ3) is 3.91. The van der Waals surface area contributed by atoms with E-state index in [1.807, 2.05) is 13.8 Å². The smallest absolute Gasteiger partial charge is 0.323 e. The van der Waals surface area contributed by atoms with E-state index in [0.29, 0.717) is 5.69 Å². The van der Waals surface area contributed by atoms with Gasteiger partial charge in [-0.1, -0.05) is 13.3 Å². The van der Waals surface area contributed by atoms with Crippen LogP contribution < -0.4 is 5.32 Å². The minimum Gasteiger partial charge on any atom is -0.480 e. The van der Waals surface area contributed by atoms with Crippen LogP contribution in [0, 0.1) is 0 Å². The van der Waals surface area contributed by atoms with Gasteiger partial charge in [0.25, 0.3) is 5.91 Å². The number of aliphatic carboxylic acids is 1. The second-order valence-corrected chi connectivity index (χ2v) is 5.00. The maximum atomic E-state index is 12.1. The van der Waals surface area contributed by atoms with Crippen LogP contribution in [0.3, 0.4) is 0 Å². The van der Waals surface area contributed by atoms with E-state index >= 15 is 0 Å². The van der Waals surface area contributed by atoms with Gasteiger partial charge in [0.05, 0.1) is 0 Å². The first kappa shape index (κ1) is 14.3. The van der Waals surface area contributed by atoms with Crippen molar-refractivity contribution in [2.45, 2.75) is 45.7 Å². The van der Waals surface area contributed by atoms with E-state index in [4.69, 9.17) is 5.11 Å². The maximum absolute atomic E-state index is 12.1. The highest BCUT2D eigenvalue weighted by Gasteiger charge is 2.22. The van der Waals surface area contributed by atoms with Gasteiger partial charge in [-0.05, 0) is 32.4 Å². The summed E-state index contributed by atoms with van der Waals surface area (Å²) in [6, 6.07) is 3.30. The van der Waals surface area contributed by atoms with Gasteiger partial charge in [0.2, 0.25) is 0 Å². The fraction of sp³-hybridized carbons (Fsp3) is 0.538. The van der Waals surface area contributed by atoms with E-state index in [1.165, 1.54) is 4.57 Å². The summed E-state index contributed by atoms with van der Waals surface area (Å²) >= 11 is 0. The van der Waals surface area contributed by atoms with Gasteiger partial charge in [-0.3, -0.25) is 9.59 Å². The number of aromatic nitrogens is 1. The molecule has 0 saturated heterocycles. The molecular formula is C13H20N2O3. The molecule has 5 nitrogen and oxygen atoms in total. The predicted octanol–water partition coefficient (Wildman–Crippen LogP) is 1.88. The van der Waals surface area contributed by atoms with Crippen LogP contribution in [0.25, 0.3) is 0 Å². The molecule has 0 aliphatic carbocycles. The zero-order chi connectivity index (χ0) is 13.8. The third-order valence-corrected chi connectivity index (χ3v) is 2.69. The molecule has 0 unspecified atom stereocenters. The molecule has 1 aromatic heterocycles. The summed E-state index contributed by atoms with van der Waals surface area (Å²) in [7, 11) is 0. The first-order valence-electron chi connectivity index (χ1n) is 6.05. The van der Waals surface area contributed by atoms with Gasteiger partial charge in [0, 0.05) is 11.7 Å². The summed E-state index contributed by atoms with van der Waals surface area (Å²) in [4.78, 5) is 22.8. The van der Waals surface area contributed by atoms with Crippen LogP contribution in [0.2, 0.25) is 0 Å². The Morgan fingerprint density at radius 1 is 1.44 bits per heavy atom. The number of hydrogen-bond donors (Lipinski definition) is 2. The van der Waals surface area contributed by atoms with Crippen molar-refractivity contribution in [3.05, 3.63) is 24.0 Å². The van der Waals surface area contributed by atoms with Gasteiger partial charge in [0.1, 0.15) is 12.2 Å². The fourth-order valence-electron chi connectivity index (χ4n) is 1.96. The molecule has 0 radical (unpaired) electrons. The molecule has 0 fully saturated rings. The second-order valence-electron chi connectivity index (χ2n) is 5.00. The number of rotatable bonds is 6. The van der Waals surface area contributed by atoms with Gasteiger partial charge in [-0.2, -0.15) is 0 Å². The van der Waals surface area contributed by atoms with Gasteiger partial charge in [-0.25, -0.2) is 0 Å². The van der Waals surface area contributed by atoms with Crippen LogP contribution in [0.1, 0.15) is 44.1 Å². The topological polar surface area (TPSA) is 71.3 Å². The summed E-state index contributed by atoms with van der Waals surface area (Å²) in [5, 5.41) is 11.7. The summed E-state index contributed by atoms with van der Waals surface area (Å²) in [6.45, 7) is 5.77. The molecule has 0 spiro atoms. The lowest BCUT2D eigenvalue weighted by Gasteiger charge is -2.25. The quantitative estimate of drug-likeness (QED) is 0.812. The Balaban J connectivity index is 2.78. The summed E-state index contributed by atoms with van der Waals surface area (Å²) < 4.78 is 1.43. The van der Waals surface area contributed by atoms with Crippen LogP contribution in [-0.2, 0) is 11.3 Å². The van der Waals surface area contributed by atoms with E-state index in [0.717, 1.165) is 12.8 Å². The Kier molecular flexibility index (Phi) is 4.53. The molecule has 1 heterocycles. The number of nitrogens with zero attached hydrogens (tertiary/aromatic N) is 1. The van der Waals surface area contributed by atoms with Crippen molar-refractivity contribution in [2.75, 3.05) is 0 Å². The highest BCUT2D eigenvalue weighted by Crippen LogP contribution is 2.12. The van der Waals surface area contributed by atoms with Crippen molar-refractivity contribution < 1.29 is 14.7 Å². The normalized spacial score (nSPS) is 11.3. The molecule has 0 atom stereocenters. The molecule has 2 N–H and O–H groups in total. The summed E-state index contributed by atoms with van der Waals surface area (Å²) in [5.41, 5.74) is 0.0889. The van der Waals surface area contributed by atoms with Gasteiger partial charge in [0.15, 0.2) is 0 Å². The van der Waals surface area contributed by atoms with Crippen molar-refractivity contribution in [3.8, 4) is 0 Å². The summed E-state index contributed by atoms with van der Waals surface area (Å²) in [5.74, 6) is -1.20. The van der Waals surface area contributed by atoms with E-state index in [-0.39, 0.29) is 18.0 Å². The SMILES string of the molecule is CCCC(C)(C)NC(=O)c1cccn1CC(=O)O. The predicted molar refractivity (Wildman–Crippen MR) is 68.5 cm³/mol. The second kappa shape index (κ2) is 5.71. The van der Waals surface area contributed by atoms with Crippen LogP contribution >= 0.6 is 0 Å². The molecule has 0 aliphatic rings. The van der Waals surface area contributed by atoms with E-state index in [9.17, 15) is 9.59 Å². The van der Waals surface area contributed by atoms with Crippen molar-refractivity contribution in [1.82, 2.24) is 9.88 Å². The van der Waals surface area contributed by atoms with Gasteiger partial charge < -0.3 is 15.0 Å². The fourth-order valence-corrected chi connectivity index (χ4v) is 1.96. The molecule has 1 aromatic rings. The van der Waals surface area contributed by atoms with E-state index in [2.05, 4.69) is 12.2 Å². The summed E-state index contributed by atoms with van der Waals surface area (Å²) in [6.07, 6.45) is 3.44. The monoisotopic (exact) mass is 252 g/mol. The number of carboxylic acid groups (broad SMARTS) is 1. The van der Waals surface area contributed by atoms with Gasteiger partial charge in [-0.15, -0.1) is 0 Å². The molecule has 0 bridgehead atoms. The lowest BCUT2D eigenvalue weighted by Crippen LogP contribution is -2.44. The Morgan fingerprint density at radius 3 is 2.67 bits per heavy atom. The Hall–Kier alpha value is -1.78. The Bertz CT molecular complexity index is 435. The number of carbonyl (C=O) groups excluding carboxylic acids is 1. The van der Waals surface area contributed by atoms with Crippen LogP contribution in [0.5, 0.6) is 0 Å². The maximum Gasteiger partial charge on any atom is 0.323 e. The van der Waals surface area contributed by atoms with Crippen molar-refractivity contribution in [1.29, 1.82) is 0 Å². The zero-order valence-electron chi connectivity index (χ0n) is 11.1. The Morgan fingerprint density at radius 2 is 2.11 bits per heavy atom. The lowest BCUT2D eigenvalue weighted by atomic mass is 9.99. The van der Waals surface area contributed by atoms with Crippen molar-refractivity contribution in [2.24, 2.45) is 0 Å². The highest BCUT2D eigenvalue weighted by molar-refractivity contribution is 5.93. The lowest BCUT2D eigenvalue weighted by molar-refractivity contribution is -0.137. The molecule has 1 rings (SSSR count). The standard InChI is InChI=1S/C13H20N2O3/c1-4-7-13(2,3)14-12(18)10-6-5-8-15(10)9-11(16)17/h5-6,8H,4,7,9H2,1-3H3,(H,14,18)(H,16,17). The molecule has 18 heavy (non-hydrogen) atoms. The highest BCUT2D eigenvalue weighted by atomic mass is 16.4. The Labute approximate surface area is 107 Å². The van der Waals surface area contributed by atoms with Crippen LogP contribution in [0.15, 0.2) is 18.3 Å². The van der Waals surface area contributed by atoms with E-state index < -0.39 is 5.97 Å². The van der Waals surface area contributed by atoms with E-state index in [1.54, 1.807) is 18.3 Å². The molecule has 0 aromatic carbocycles. The largest absolute Gasteiger partial charge is 0.480 e. The average molecular weight is 252 g/mol. The first-order valence-corrected chi connectivity index (χ1v) is 6.05. The van der Waals surface area contributed by atoms with Crippen molar-refractivity contribution in [3.63, 3.8) is 0 Å². The van der Waals surface area contributed by atoms with Crippen LogP contribution in [-0.4, -0.2) is 27.1 Å². The minimum absolute atomic E-state index is 0.204. The average Bonchev–Trinajstić information content (AvgIpc) is 2.63.